The highest BCUT2D eigenvalue weighted by Gasteiger charge is 2.62. The summed E-state index contributed by atoms with van der Waals surface area (Å²) in [5.74, 6) is 9.25. The molecule has 0 bridgehead atoms. The average molecular weight is 509 g/mol. The third-order valence-corrected chi connectivity index (χ3v) is 9.48. The number of allylic oxidation sites excluding steroid dienone is 4. The minimum Gasteiger partial charge on any atom is -0.457 e. The van der Waals surface area contributed by atoms with Crippen molar-refractivity contribution in [3.8, 4) is 23.3 Å². The summed E-state index contributed by atoms with van der Waals surface area (Å²) >= 11 is 0. The zero-order valence-electron chi connectivity index (χ0n) is 23.2. The van der Waals surface area contributed by atoms with Crippen LogP contribution < -0.4 is 4.74 Å². The highest BCUT2D eigenvalue weighted by molar-refractivity contribution is 5.93. The lowest BCUT2D eigenvalue weighted by atomic mass is 9.51. The highest BCUT2D eigenvalue weighted by Crippen LogP contribution is 2.66. The van der Waals surface area contributed by atoms with Crippen LogP contribution in [-0.2, 0) is 4.79 Å². The lowest BCUT2D eigenvalue weighted by molar-refractivity contribution is -0.114. The maximum absolute atomic E-state index is 12.2. The van der Waals surface area contributed by atoms with Crippen LogP contribution in [-0.4, -0.2) is 16.5 Å². The number of aliphatic hydroxyl groups is 1. The van der Waals surface area contributed by atoms with E-state index >= 15 is 0 Å². The van der Waals surface area contributed by atoms with Gasteiger partial charge in [0, 0.05) is 17.8 Å². The Morgan fingerprint density at radius 2 is 1.66 bits per heavy atom. The van der Waals surface area contributed by atoms with Crippen molar-refractivity contribution in [2.75, 3.05) is 0 Å². The van der Waals surface area contributed by atoms with Crippen molar-refractivity contribution in [3.63, 3.8) is 0 Å². The molecule has 0 radical (unpaired) electrons. The second kappa shape index (κ2) is 10.6. The molecule has 2 fully saturated rings. The molecule has 198 valence electrons. The van der Waals surface area contributed by atoms with Crippen LogP contribution in [0, 0.1) is 29.1 Å². The lowest BCUT2D eigenvalue weighted by Gasteiger charge is -2.53. The van der Waals surface area contributed by atoms with E-state index in [0.29, 0.717) is 18.3 Å². The molecule has 38 heavy (non-hydrogen) atoms. The molecular weight excluding hydrogens is 468 g/mol. The topological polar surface area (TPSA) is 46.5 Å². The molecule has 4 aliphatic carbocycles. The van der Waals surface area contributed by atoms with Gasteiger partial charge in [0.25, 0.3) is 0 Å². The molecule has 6 rings (SSSR count). The van der Waals surface area contributed by atoms with Gasteiger partial charge in [0.1, 0.15) is 17.1 Å². The van der Waals surface area contributed by atoms with E-state index in [2.05, 4.69) is 43.0 Å². The van der Waals surface area contributed by atoms with Crippen molar-refractivity contribution < 1.29 is 14.6 Å². The van der Waals surface area contributed by atoms with Gasteiger partial charge in [-0.15, -0.1) is 5.92 Å². The van der Waals surface area contributed by atoms with Crippen molar-refractivity contribution in [1.82, 2.24) is 0 Å². The van der Waals surface area contributed by atoms with Crippen LogP contribution in [0.5, 0.6) is 11.5 Å². The molecule has 0 aliphatic heterocycles. The maximum atomic E-state index is 12.2. The van der Waals surface area contributed by atoms with Crippen LogP contribution >= 0.6 is 0 Å². The van der Waals surface area contributed by atoms with Gasteiger partial charge in [-0.2, -0.15) is 0 Å². The Morgan fingerprint density at radius 1 is 0.947 bits per heavy atom. The molecule has 2 saturated carbocycles. The molecular formula is C35H40O3. The van der Waals surface area contributed by atoms with Gasteiger partial charge in [0.2, 0.25) is 0 Å². The number of carbonyl (C=O) groups is 1. The molecule has 0 heterocycles. The van der Waals surface area contributed by atoms with Crippen molar-refractivity contribution in [2.24, 2.45) is 17.3 Å². The molecule has 0 spiro atoms. The van der Waals surface area contributed by atoms with E-state index in [1.165, 1.54) is 22.3 Å². The fraction of sp³-hybridized carbons (Fsp3) is 0.457. The molecule has 2 aromatic carbocycles. The maximum Gasteiger partial charge on any atom is 0.156 e. The molecule has 2 aromatic rings. The Bertz CT molecular complexity index is 1310. The van der Waals surface area contributed by atoms with Crippen LogP contribution in [0.25, 0.3) is 0 Å². The van der Waals surface area contributed by atoms with E-state index in [4.69, 9.17) is 4.74 Å². The van der Waals surface area contributed by atoms with Gasteiger partial charge in [-0.05, 0) is 104 Å². The van der Waals surface area contributed by atoms with E-state index in [9.17, 15) is 9.90 Å². The van der Waals surface area contributed by atoms with Crippen molar-refractivity contribution in [3.05, 3.63) is 83.0 Å². The first-order chi connectivity index (χ1) is 18.4. The summed E-state index contributed by atoms with van der Waals surface area (Å²) in [4.78, 5) is 12.2. The Kier molecular flexibility index (Phi) is 7.38. The summed E-state index contributed by atoms with van der Waals surface area (Å²) in [6.45, 7) is 8.12. The first-order valence-electron chi connectivity index (χ1n) is 14.4. The van der Waals surface area contributed by atoms with Crippen LogP contribution in [0.2, 0.25) is 0 Å². The van der Waals surface area contributed by atoms with E-state index in [1.54, 1.807) is 0 Å². The van der Waals surface area contributed by atoms with Gasteiger partial charge in [-0.25, -0.2) is 0 Å². The number of fused-ring (bicyclic) bond motifs is 4. The number of carbonyl (C=O) groups excluding carboxylic acids is 1. The molecule has 0 unspecified atom stereocenters. The molecule has 0 amide bonds. The van der Waals surface area contributed by atoms with Crippen molar-refractivity contribution >= 4 is 5.78 Å². The monoisotopic (exact) mass is 508 g/mol. The zero-order valence-corrected chi connectivity index (χ0v) is 23.2. The minimum atomic E-state index is -0.949. The number of benzene rings is 2. The number of rotatable bonds is 3. The normalized spacial score (nSPS) is 31.4. The predicted octanol–water partition coefficient (Wildman–Crippen LogP) is 8.16. The largest absolute Gasteiger partial charge is 0.457 e. The Hall–Kier alpha value is -3.09. The number of ether oxygens (including phenoxy) is 1. The van der Waals surface area contributed by atoms with Gasteiger partial charge < -0.3 is 9.84 Å². The van der Waals surface area contributed by atoms with Crippen LogP contribution in [0.1, 0.15) is 84.1 Å². The summed E-state index contributed by atoms with van der Waals surface area (Å²) in [7, 11) is 0. The van der Waals surface area contributed by atoms with Crippen LogP contribution in [0.3, 0.4) is 0 Å². The van der Waals surface area contributed by atoms with Crippen LogP contribution in [0.15, 0.2) is 77.4 Å². The molecule has 0 aromatic heterocycles. The van der Waals surface area contributed by atoms with E-state index in [0.717, 1.165) is 50.0 Å². The highest BCUT2D eigenvalue weighted by atomic mass is 16.5. The van der Waals surface area contributed by atoms with Crippen molar-refractivity contribution in [1.29, 1.82) is 0 Å². The third kappa shape index (κ3) is 4.44. The fourth-order valence-corrected chi connectivity index (χ4v) is 7.77. The molecule has 4 aliphatic rings. The van der Waals surface area contributed by atoms with Crippen molar-refractivity contribution in [2.45, 2.75) is 84.2 Å². The molecule has 0 saturated heterocycles. The quantitative estimate of drug-likeness (QED) is 0.426. The molecule has 5 atom stereocenters. The zero-order chi connectivity index (χ0) is 26.9. The van der Waals surface area contributed by atoms with Gasteiger partial charge in [0.05, 0.1) is 0 Å². The molecule has 3 nitrogen and oxygen atoms in total. The second-order valence-corrected chi connectivity index (χ2v) is 11.3. The number of hydrogen-bond acceptors (Lipinski definition) is 3. The molecule has 1 N–H and O–H groups in total. The first kappa shape index (κ1) is 26.5. The minimum absolute atomic E-state index is 0.206. The second-order valence-electron chi connectivity index (χ2n) is 11.3. The summed E-state index contributed by atoms with van der Waals surface area (Å²) in [5.41, 5.74) is 4.28. The Labute approximate surface area is 228 Å². The van der Waals surface area contributed by atoms with Gasteiger partial charge in [-0.3, -0.25) is 4.79 Å². The van der Waals surface area contributed by atoms with E-state index in [1.807, 2.05) is 57.2 Å². The summed E-state index contributed by atoms with van der Waals surface area (Å²) in [5, 5.41) is 11.8. The molecule has 3 heteroatoms. The fourth-order valence-electron chi connectivity index (χ4n) is 7.77. The summed E-state index contributed by atoms with van der Waals surface area (Å²) in [6.07, 6.45) is 8.03. The number of para-hydroxylation sites is 1. The standard InChI is InChI=1S/C33H34O3.C2H6/c1-3-18-33(35)19-17-30-28-15-11-23-20-24(34)12-16-27(23)31(28)29(21-32(30,33)2)22-9-13-26(14-10-22)36-25-7-5-4-6-8-25;1-2/h4-10,13-14,20,28-30,35H,11-12,15-17,19,21H2,1-2H3;1-2H3/t28-,29+,30-,32-,33-;/m0./s1. The first-order valence-corrected chi connectivity index (χ1v) is 14.4. The predicted molar refractivity (Wildman–Crippen MR) is 153 cm³/mol. The SMILES string of the molecule is CC.CC#C[C@]1(O)CC[C@H]2[C@@H]3CCC4=CC(=O)CCC4=C3[C@@H](c3ccc(Oc4ccccc4)cc3)C[C@@]21C. The van der Waals surface area contributed by atoms with E-state index in [-0.39, 0.29) is 17.1 Å². The van der Waals surface area contributed by atoms with E-state index < -0.39 is 5.60 Å². The Balaban J connectivity index is 0.00000144. The number of ketones is 1. The smallest absolute Gasteiger partial charge is 0.156 e. The summed E-state index contributed by atoms with van der Waals surface area (Å²) in [6, 6.07) is 18.4. The van der Waals surface area contributed by atoms with Gasteiger partial charge in [-0.1, -0.05) is 62.6 Å². The Morgan fingerprint density at radius 3 is 2.37 bits per heavy atom. The van der Waals surface area contributed by atoms with Crippen LogP contribution in [0.4, 0.5) is 0 Å². The van der Waals surface area contributed by atoms with Gasteiger partial charge in [0.15, 0.2) is 5.78 Å². The third-order valence-electron chi connectivity index (χ3n) is 9.48. The summed E-state index contributed by atoms with van der Waals surface area (Å²) < 4.78 is 6.06. The average Bonchev–Trinajstić information content (AvgIpc) is 3.20. The lowest BCUT2D eigenvalue weighted by Crippen LogP contribution is -2.51. The van der Waals surface area contributed by atoms with Gasteiger partial charge >= 0.3 is 0 Å². The number of hydrogen-bond donors (Lipinski definition) is 1.